The minimum absolute atomic E-state index is 0.402. The van der Waals surface area contributed by atoms with Gasteiger partial charge in [-0.2, -0.15) is 0 Å². The summed E-state index contributed by atoms with van der Waals surface area (Å²) in [6.07, 6.45) is 2.80. The Hall–Kier alpha value is -0.960. The van der Waals surface area contributed by atoms with Crippen LogP contribution in [0.15, 0.2) is 18.2 Å². The predicted octanol–water partition coefficient (Wildman–Crippen LogP) is 3.53. The number of nitrogens with one attached hydrogen (secondary N) is 1. The monoisotopic (exact) mass is 241 g/mol. The summed E-state index contributed by atoms with van der Waals surface area (Å²) < 4.78 is 26.1. The van der Waals surface area contributed by atoms with Gasteiger partial charge in [-0.3, -0.25) is 0 Å². The Morgan fingerprint density at radius 1 is 1.24 bits per heavy atom. The molecule has 0 bridgehead atoms. The third-order valence-electron chi connectivity index (χ3n) is 2.82. The lowest BCUT2D eigenvalue weighted by molar-refractivity contribution is 0.483. The fourth-order valence-electron chi connectivity index (χ4n) is 1.81. The molecule has 0 fully saturated rings. The third-order valence-corrected chi connectivity index (χ3v) is 2.82. The van der Waals surface area contributed by atoms with Crippen molar-refractivity contribution < 1.29 is 8.78 Å². The van der Waals surface area contributed by atoms with Crippen LogP contribution in [0.2, 0.25) is 0 Å². The van der Waals surface area contributed by atoms with Gasteiger partial charge >= 0.3 is 0 Å². The zero-order valence-corrected chi connectivity index (χ0v) is 10.6. The van der Waals surface area contributed by atoms with Crippen LogP contribution in [0.25, 0.3) is 0 Å². The lowest BCUT2D eigenvalue weighted by Gasteiger charge is -2.12. The highest BCUT2D eigenvalue weighted by Crippen LogP contribution is 2.15. The molecule has 0 aromatic heterocycles. The smallest absolute Gasteiger partial charge is 0.129 e. The van der Waals surface area contributed by atoms with Crippen LogP contribution in [-0.2, 0) is 6.42 Å². The first-order chi connectivity index (χ1) is 8.13. The zero-order valence-electron chi connectivity index (χ0n) is 10.6. The first kappa shape index (κ1) is 14.1. The molecule has 17 heavy (non-hydrogen) atoms. The summed E-state index contributed by atoms with van der Waals surface area (Å²) in [5, 5.41) is 3.32. The van der Waals surface area contributed by atoms with Gasteiger partial charge in [-0.15, -0.1) is 0 Å². The van der Waals surface area contributed by atoms with E-state index in [1.54, 1.807) is 6.07 Å². The van der Waals surface area contributed by atoms with Gasteiger partial charge in [0.25, 0.3) is 0 Å². The molecule has 0 saturated carbocycles. The van der Waals surface area contributed by atoms with E-state index in [-0.39, 0.29) is 0 Å². The number of rotatable bonds is 7. The van der Waals surface area contributed by atoms with Gasteiger partial charge in [0.1, 0.15) is 11.6 Å². The Morgan fingerprint density at radius 2 is 2.00 bits per heavy atom. The van der Waals surface area contributed by atoms with Crippen molar-refractivity contribution in [3.63, 3.8) is 0 Å². The predicted molar refractivity (Wildman–Crippen MR) is 67.0 cm³/mol. The maximum atomic E-state index is 13.4. The van der Waals surface area contributed by atoms with Crippen LogP contribution in [0.1, 0.15) is 32.3 Å². The quantitative estimate of drug-likeness (QED) is 0.720. The molecule has 1 N–H and O–H groups in total. The minimum atomic E-state index is -0.511. The van der Waals surface area contributed by atoms with E-state index in [4.69, 9.17) is 0 Å². The largest absolute Gasteiger partial charge is 0.317 e. The SMILES string of the molecule is CCCNCCC(C)Cc1ccc(F)cc1F. The summed E-state index contributed by atoms with van der Waals surface area (Å²) in [7, 11) is 0. The van der Waals surface area contributed by atoms with Crippen LogP contribution in [0.3, 0.4) is 0 Å². The molecule has 0 amide bonds. The van der Waals surface area contributed by atoms with Crippen LogP contribution < -0.4 is 5.32 Å². The minimum Gasteiger partial charge on any atom is -0.317 e. The van der Waals surface area contributed by atoms with E-state index in [0.717, 1.165) is 32.0 Å². The summed E-state index contributed by atoms with van der Waals surface area (Å²) in [5.41, 5.74) is 0.606. The second-order valence-corrected chi connectivity index (χ2v) is 4.58. The molecule has 1 aromatic rings. The Labute approximate surface area is 102 Å². The Balaban J connectivity index is 2.37. The van der Waals surface area contributed by atoms with Crippen LogP contribution in [0, 0.1) is 17.6 Å². The summed E-state index contributed by atoms with van der Waals surface area (Å²) >= 11 is 0. The maximum Gasteiger partial charge on any atom is 0.129 e. The lowest BCUT2D eigenvalue weighted by Crippen LogP contribution is -2.18. The molecule has 1 aromatic carbocycles. The Morgan fingerprint density at radius 3 is 2.65 bits per heavy atom. The molecule has 1 rings (SSSR count). The van der Waals surface area contributed by atoms with Gasteiger partial charge in [-0.05, 0) is 49.9 Å². The van der Waals surface area contributed by atoms with Crippen molar-refractivity contribution in [1.82, 2.24) is 5.32 Å². The Kier molecular flexibility index (Phi) is 6.12. The second-order valence-electron chi connectivity index (χ2n) is 4.58. The van der Waals surface area contributed by atoms with E-state index in [2.05, 4.69) is 19.2 Å². The zero-order chi connectivity index (χ0) is 12.7. The van der Waals surface area contributed by atoms with E-state index >= 15 is 0 Å². The van der Waals surface area contributed by atoms with Crippen molar-refractivity contribution in [3.8, 4) is 0 Å². The fourth-order valence-corrected chi connectivity index (χ4v) is 1.81. The third kappa shape index (κ3) is 5.26. The highest BCUT2D eigenvalue weighted by atomic mass is 19.1. The summed E-state index contributed by atoms with van der Waals surface area (Å²) in [5.74, 6) is -0.541. The number of benzene rings is 1. The first-order valence-electron chi connectivity index (χ1n) is 6.28. The van der Waals surface area contributed by atoms with E-state index in [0.29, 0.717) is 17.9 Å². The van der Waals surface area contributed by atoms with Crippen molar-refractivity contribution in [2.24, 2.45) is 5.92 Å². The van der Waals surface area contributed by atoms with Gasteiger partial charge in [0.2, 0.25) is 0 Å². The normalized spacial score (nSPS) is 12.7. The number of halogens is 2. The lowest BCUT2D eigenvalue weighted by atomic mass is 9.97. The van der Waals surface area contributed by atoms with E-state index < -0.39 is 11.6 Å². The van der Waals surface area contributed by atoms with Crippen molar-refractivity contribution in [1.29, 1.82) is 0 Å². The van der Waals surface area contributed by atoms with Crippen molar-refractivity contribution in [3.05, 3.63) is 35.4 Å². The molecule has 96 valence electrons. The molecule has 1 unspecified atom stereocenters. The number of hydrogen-bond acceptors (Lipinski definition) is 1. The van der Waals surface area contributed by atoms with Gasteiger partial charge in [-0.25, -0.2) is 8.78 Å². The maximum absolute atomic E-state index is 13.4. The molecule has 0 aliphatic heterocycles. The van der Waals surface area contributed by atoms with E-state index in [1.807, 2.05) is 0 Å². The second kappa shape index (κ2) is 7.38. The van der Waals surface area contributed by atoms with Crippen LogP contribution >= 0.6 is 0 Å². The van der Waals surface area contributed by atoms with Crippen molar-refractivity contribution >= 4 is 0 Å². The van der Waals surface area contributed by atoms with Crippen molar-refractivity contribution in [2.75, 3.05) is 13.1 Å². The van der Waals surface area contributed by atoms with Gasteiger partial charge in [0.05, 0.1) is 0 Å². The molecule has 0 aliphatic carbocycles. The molecule has 0 radical (unpaired) electrons. The molecule has 0 heterocycles. The molecule has 1 atom stereocenters. The molecular weight excluding hydrogens is 220 g/mol. The van der Waals surface area contributed by atoms with Gasteiger partial charge < -0.3 is 5.32 Å². The van der Waals surface area contributed by atoms with Crippen LogP contribution in [0.5, 0.6) is 0 Å². The highest BCUT2D eigenvalue weighted by Gasteiger charge is 2.08. The molecule has 0 aliphatic rings. The summed E-state index contributed by atoms with van der Waals surface area (Å²) in [4.78, 5) is 0. The fraction of sp³-hybridized carbons (Fsp3) is 0.571. The molecule has 3 heteroatoms. The highest BCUT2D eigenvalue weighted by molar-refractivity contribution is 5.18. The standard InChI is InChI=1S/C14H21F2N/c1-3-7-17-8-6-11(2)9-12-4-5-13(15)10-14(12)16/h4-5,10-11,17H,3,6-9H2,1-2H3. The van der Waals surface area contributed by atoms with E-state index in [1.165, 1.54) is 6.07 Å². The summed E-state index contributed by atoms with van der Waals surface area (Å²) in [6.45, 7) is 6.20. The molecule has 0 spiro atoms. The van der Waals surface area contributed by atoms with E-state index in [9.17, 15) is 8.78 Å². The average molecular weight is 241 g/mol. The van der Waals surface area contributed by atoms with Gasteiger partial charge in [0, 0.05) is 6.07 Å². The van der Waals surface area contributed by atoms with Crippen LogP contribution in [-0.4, -0.2) is 13.1 Å². The summed E-state index contributed by atoms with van der Waals surface area (Å²) in [6, 6.07) is 3.82. The molecule has 0 saturated heterocycles. The topological polar surface area (TPSA) is 12.0 Å². The number of hydrogen-bond donors (Lipinski definition) is 1. The average Bonchev–Trinajstić information content (AvgIpc) is 2.28. The first-order valence-corrected chi connectivity index (χ1v) is 6.28. The van der Waals surface area contributed by atoms with Crippen molar-refractivity contribution in [2.45, 2.75) is 33.1 Å². The van der Waals surface area contributed by atoms with Gasteiger partial charge in [0.15, 0.2) is 0 Å². The van der Waals surface area contributed by atoms with Gasteiger partial charge in [-0.1, -0.05) is 19.9 Å². The van der Waals surface area contributed by atoms with Crippen LogP contribution in [0.4, 0.5) is 8.78 Å². The molecule has 1 nitrogen and oxygen atoms in total. The Bertz CT molecular complexity index is 339. The molecular formula is C14H21F2N.